The first-order chi connectivity index (χ1) is 30.3. The summed E-state index contributed by atoms with van der Waals surface area (Å²) in [5.74, 6) is 1.05. The summed E-state index contributed by atoms with van der Waals surface area (Å²) in [6, 6.07) is 21.5. The van der Waals surface area contributed by atoms with Crippen molar-refractivity contribution in [3.8, 4) is 28.1 Å². The number of aldehydes is 1. The molecule has 1 aliphatic heterocycles. The molecule has 4 N–H and O–H groups in total. The van der Waals surface area contributed by atoms with E-state index in [2.05, 4.69) is 122 Å². The first-order valence-electron chi connectivity index (χ1n) is 21.6. The van der Waals surface area contributed by atoms with Gasteiger partial charge in [0.25, 0.3) is 0 Å². The molecule has 330 valence electrons. The first-order valence-corrected chi connectivity index (χ1v) is 21.6. The van der Waals surface area contributed by atoms with Gasteiger partial charge in [0.2, 0.25) is 11.7 Å². The number of aromatic nitrogens is 5. The summed E-state index contributed by atoms with van der Waals surface area (Å²) in [6.45, 7) is 23.5. The summed E-state index contributed by atoms with van der Waals surface area (Å²) >= 11 is 0. The Labute approximate surface area is 369 Å². The zero-order chi connectivity index (χ0) is 44.7. The van der Waals surface area contributed by atoms with Crippen LogP contribution in [0.4, 0.5) is 15.8 Å². The number of carbonyl (C=O) groups is 1. The molecule has 1 fully saturated rings. The van der Waals surface area contributed by atoms with Gasteiger partial charge in [-0.15, -0.1) is 0 Å². The highest BCUT2D eigenvalue weighted by atomic mass is 19.1. The van der Waals surface area contributed by atoms with E-state index >= 15 is 0 Å². The second kappa shape index (κ2) is 19.7. The summed E-state index contributed by atoms with van der Waals surface area (Å²) in [5.41, 5.74) is 9.65. The summed E-state index contributed by atoms with van der Waals surface area (Å²) in [7, 11) is 1.79. The first kappa shape index (κ1) is 44.5. The Balaban J connectivity index is 0.888. The lowest BCUT2D eigenvalue weighted by atomic mass is 9.97. The monoisotopic (exact) mass is 854 g/mol. The largest absolute Gasteiger partial charge is 0.493 e. The second-order valence-corrected chi connectivity index (χ2v) is 17.3. The van der Waals surface area contributed by atoms with Gasteiger partial charge in [-0.2, -0.15) is 10.1 Å². The topological polar surface area (TPSA) is 149 Å². The van der Waals surface area contributed by atoms with Crippen LogP contribution in [0.25, 0.3) is 39.1 Å². The van der Waals surface area contributed by atoms with E-state index in [1.165, 1.54) is 11.8 Å². The lowest BCUT2D eigenvalue weighted by molar-refractivity contribution is -0.108. The van der Waals surface area contributed by atoms with E-state index in [4.69, 9.17) is 14.2 Å². The molecule has 7 rings (SSSR count). The van der Waals surface area contributed by atoms with Crippen LogP contribution in [0.3, 0.4) is 0 Å². The lowest BCUT2D eigenvalue weighted by Crippen LogP contribution is -2.46. The highest BCUT2D eigenvalue weighted by Gasteiger charge is 2.24. The smallest absolute Gasteiger partial charge is 0.232 e. The van der Waals surface area contributed by atoms with Crippen molar-refractivity contribution in [1.29, 1.82) is 0 Å². The van der Waals surface area contributed by atoms with Crippen molar-refractivity contribution in [3.63, 3.8) is 0 Å². The zero-order valence-corrected chi connectivity index (χ0v) is 37.2. The Morgan fingerprint density at radius 1 is 1.02 bits per heavy atom. The Bertz CT molecular complexity index is 2530. The highest BCUT2D eigenvalue weighted by Crippen LogP contribution is 2.33. The van der Waals surface area contributed by atoms with Crippen molar-refractivity contribution in [1.82, 2.24) is 40.9 Å². The molecule has 3 aromatic carbocycles. The van der Waals surface area contributed by atoms with E-state index in [-0.39, 0.29) is 17.1 Å². The van der Waals surface area contributed by atoms with Crippen LogP contribution >= 0.6 is 0 Å². The average molecular weight is 855 g/mol. The Hall–Kier alpha value is -6.54. The van der Waals surface area contributed by atoms with Crippen molar-refractivity contribution >= 4 is 34.4 Å². The molecule has 1 saturated heterocycles. The number of hydrogen-bond donors (Lipinski definition) is 4. The van der Waals surface area contributed by atoms with Crippen molar-refractivity contribution in [3.05, 3.63) is 120 Å². The Kier molecular flexibility index (Phi) is 13.9. The van der Waals surface area contributed by atoms with E-state index in [0.717, 1.165) is 90.0 Å². The van der Waals surface area contributed by atoms with Crippen LogP contribution in [0.1, 0.15) is 75.8 Å². The SMILES string of the molecule is C=C(CCC(C=O)Nc1ccc(OCCCN2CCN(c3ccc(-c4cnc5n[nH]c(-c6ccc([C@@H](C)NC(=C)c7noc(C(C)(C)C)n7)c(C)c6)c5c4)cc3)CC2)cc1F)NC. The highest BCUT2D eigenvalue weighted by molar-refractivity contribution is 5.93. The van der Waals surface area contributed by atoms with E-state index in [0.29, 0.717) is 48.3 Å². The minimum atomic E-state index is -0.506. The molecular formula is C49H59FN10O3. The van der Waals surface area contributed by atoms with Crippen molar-refractivity contribution in [2.75, 3.05) is 56.6 Å². The number of piperazine rings is 1. The van der Waals surface area contributed by atoms with Crippen molar-refractivity contribution in [2.45, 2.75) is 71.4 Å². The van der Waals surface area contributed by atoms with Gasteiger partial charge in [0, 0.05) is 91.4 Å². The standard InChI is InChI=1S/C49H59FN10O3/c1-31-26-36(13-18-41(31)33(3)53-34(4)46-55-48(63-58-46)49(5,6)7)45-42-27-37(29-52-47(42)57-56-45)35-11-15-39(16-12-35)60-23-21-59(22-24-60)20-9-25-62-40-17-19-44(43(50)28-40)54-38(30-61)14-10-32(2)51-8/h11-13,15-19,26-30,33,38,51,53-54H,2,4,9-10,14,20-25H2,1,3,5-8H3,(H,52,56,57)/t33-,38?/m1/s1. The molecular weight excluding hydrogens is 796 g/mol. The van der Waals surface area contributed by atoms with Gasteiger partial charge < -0.3 is 34.9 Å². The maximum Gasteiger partial charge on any atom is 0.232 e. The number of H-pyrrole nitrogens is 1. The van der Waals surface area contributed by atoms with E-state index in [9.17, 15) is 9.18 Å². The number of ether oxygens (including phenoxy) is 1. The van der Waals surface area contributed by atoms with Gasteiger partial charge in [-0.1, -0.05) is 63.4 Å². The quantitative estimate of drug-likeness (QED) is 0.0456. The molecule has 4 heterocycles. The molecule has 0 spiro atoms. The van der Waals surface area contributed by atoms with Gasteiger partial charge >= 0.3 is 0 Å². The molecule has 13 nitrogen and oxygen atoms in total. The number of hydrogen-bond acceptors (Lipinski definition) is 12. The molecule has 1 aliphatic rings. The summed E-state index contributed by atoms with van der Waals surface area (Å²) in [6.07, 6.45) is 4.64. The van der Waals surface area contributed by atoms with Crippen LogP contribution in [0.5, 0.6) is 5.75 Å². The third kappa shape index (κ3) is 10.9. The number of allylic oxidation sites excluding steroid dienone is 1. The molecule has 2 atom stereocenters. The minimum absolute atomic E-state index is 0.0353. The van der Waals surface area contributed by atoms with Gasteiger partial charge in [-0.25, -0.2) is 9.37 Å². The number of fused-ring (bicyclic) bond motifs is 1. The molecule has 0 amide bonds. The Morgan fingerprint density at radius 3 is 2.46 bits per heavy atom. The number of carbonyl (C=O) groups excluding carboxylic acids is 1. The summed E-state index contributed by atoms with van der Waals surface area (Å²) in [5, 5.41) is 22.2. The fourth-order valence-electron chi connectivity index (χ4n) is 7.75. The van der Waals surface area contributed by atoms with Crippen LogP contribution in [0.15, 0.2) is 96.3 Å². The predicted octanol–water partition coefficient (Wildman–Crippen LogP) is 8.83. The van der Waals surface area contributed by atoms with Gasteiger partial charge in [0.1, 0.15) is 17.9 Å². The Morgan fingerprint density at radius 2 is 1.78 bits per heavy atom. The molecule has 3 aromatic heterocycles. The number of anilines is 2. The van der Waals surface area contributed by atoms with Gasteiger partial charge in [-0.05, 0) is 86.2 Å². The van der Waals surface area contributed by atoms with E-state index in [1.54, 1.807) is 19.2 Å². The maximum absolute atomic E-state index is 14.8. The van der Waals surface area contributed by atoms with Gasteiger partial charge in [0.15, 0.2) is 5.65 Å². The van der Waals surface area contributed by atoms with Crippen LogP contribution < -0.4 is 25.6 Å². The number of benzene rings is 3. The van der Waals surface area contributed by atoms with Crippen molar-refractivity contribution in [2.24, 2.45) is 0 Å². The molecule has 6 aromatic rings. The average Bonchev–Trinajstić information content (AvgIpc) is 3.96. The number of aryl methyl sites for hydroxylation is 1. The lowest BCUT2D eigenvalue weighted by Gasteiger charge is -2.36. The fourth-order valence-corrected chi connectivity index (χ4v) is 7.75. The van der Waals surface area contributed by atoms with Crippen LogP contribution in [0.2, 0.25) is 0 Å². The van der Waals surface area contributed by atoms with Crippen LogP contribution in [-0.2, 0) is 10.2 Å². The molecule has 0 aliphatic carbocycles. The summed E-state index contributed by atoms with van der Waals surface area (Å²) in [4.78, 5) is 25.6. The molecule has 0 bridgehead atoms. The van der Waals surface area contributed by atoms with E-state index < -0.39 is 11.9 Å². The number of rotatable bonds is 19. The van der Waals surface area contributed by atoms with E-state index in [1.807, 2.05) is 27.0 Å². The minimum Gasteiger partial charge on any atom is -0.493 e. The fraction of sp³-hybridized carbons (Fsp3) is 0.367. The number of nitrogens with one attached hydrogen (secondary N) is 4. The maximum atomic E-state index is 14.8. The molecule has 0 saturated carbocycles. The van der Waals surface area contributed by atoms with Crippen LogP contribution in [0, 0.1) is 12.7 Å². The molecule has 14 heteroatoms. The molecule has 1 unspecified atom stereocenters. The van der Waals surface area contributed by atoms with Crippen molar-refractivity contribution < 1.29 is 18.4 Å². The predicted molar refractivity (Wildman–Crippen MR) is 249 cm³/mol. The molecule has 0 radical (unpaired) electrons. The number of nitrogens with zero attached hydrogens (tertiary/aromatic N) is 6. The number of halogens is 1. The number of pyridine rings is 1. The van der Waals surface area contributed by atoms with Gasteiger partial charge in [0.05, 0.1) is 29.7 Å². The molecule has 63 heavy (non-hydrogen) atoms. The normalized spacial score (nSPS) is 14.3. The third-order valence-corrected chi connectivity index (χ3v) is 11.5. The second-order valence-electron chi connectivity index (χ2n) is 17.3. The third-order valence-electron chi connectivity index (χ3n) is 11.5. The number of aromatic amines is 1. The van der Waals surface area contributed by atoms with Gasteiger partial charge in [-0.3, -0.25) is 10.00 Å². The van der Waals surface area contributed by atoms with Crippen LogP contribution in [-0.4, -0.2) is 88.9 Å². The zero-order valence-electron chi connectivity index (χ0n) is 37.2. The summed E-state index contributed by atoms with van der Waals surface area (Å²) < 4.78 is 26.2.